The molecule has 0 aliphatic carbocycles. The van der Waals surface area contributed by atoms with E-state index >= 15 is 0 Å². The lowest BCUT2D eigenvalue weighted by atomic mass is 10.1. The third-order valence-corrected chi connectivity index (χ3v) is 4.90. The number of aryl methyl sites for hydroxylation is 2. The normalized spacial score (nSPS) is 10.8. The van der Waals surface area contributed by atoms with Gasteiger partial charge in [-0.1, -0.05) is 47.5 Å². The number of benzene rings is 3. The first-order chi connectivity index (χ1) is 15.8. The molecule has 0 spiro atoms. The van der Waals surface area contributed by atoms with Crippen LogP contribution in [-0.2, 0) is 9.59 Å². The first-order valence-corrected chi connectivity index (χ1v) is 10.5. The lowest BCUT2D eigenvalue weighted by Crippen LogP contribution is -2.20. The number of halogens is 1. The molecule has 0 unspecified atom stereocenters. The second-order valence-electron chi connectivity index (χ2n) is 7.39. The van der Waals surface area contributed by atoms with Gasteiger partial charge >= 0.3 is 0 Å². The van der Waals surface area contributed by atoms with Crippen molar-refractivity contribution < 1.29 is 14.3 Å². The molecule has 0 aliphatic rings. The number of carbonyl (C=O) groups excluding carboxylic acids is 2. The van der Waals surface area contributed by atoms with E-state index in [-0.39, 0.29) is 23.1 Å². The lowest BCUT2D eigenvalue weighted by Gasteiger charge is -2.10. The highest BCUT2D eigenvalue weighted by Crippen LogP contribution is 2.26. The highest BCUT2D eigenvalue weighted by Gasteiger charge is 2.11. The monoisotopic (exact) mass is 459 g/mol. The van der Waals surface area contributed by atoms with Gasteiger partial charge in [0.2, 0.25) is 0 Å². The number of nitrogens with one attached hydrogen (secondary N) is 2. The third kappa shape index (κ3) is 6.96. The molecule has 0 heterocycles. The van der Waals surface area contributed by atoms with Gasteiger partial charge in [-0.2, -0.15) is 5.26 Å². The van der Waals surface area contributed by atoms with Crippen LogP contribution in [-0.4, -0.2) is 18.4 Å². The fourth-order valence-electron chi connectivity index (χ4n) is 2.94. The summed E-state index contributed by atoms with van der Waals surface area (Å²) in [7, 11) is 0. The lowest BCUT2D eigenvalue weighted by molar-refractivity contribution is -0.118. The number of nitrogens with zero attached hydrogens (tertiary/aromatic N) is 1. The zero-order valence-corrected chi connectivity index (χ0v) is 18.9. The maximum absolute atomic E-state index is 12.5. The first kappa shape index (κ1) is 23.6. The molecule has 166 valence electrons. The van der Waals surface area contributed by atoms with Crippen LogP contribution >= 0.6 is 11.6 Å². The second kappa shape index (κ2) is 11.0. The van der Waals surface area contributed by atoms with E-state index in [9.17, 15) is 14.9 Å². The molecule has 7 heteroatoms. The number of ether oxygens (including phenoxy) is 1. The van der Waals surface area contributed by atoms with Crippen LogP contribution in [0.25, 0.3) is 6.08 Å². The number of anilines is 2. The Morgan fingerprint density at radius 3 is 2.39 bits per heavy atom. The molecule has 3 aromatic carbocycles. The molecule has 3 aromatic rings. The molecule has 0 fully saturated rings. The Balaban J connectivity index is 1.63. The summed E-state index contributed by atoms with van der Waals surface area (Å²) in [6.07, 6.45) is 1.44. The quantitative estimate of drug-likeness (QED) is 0.359. The zero-order chi connectivity index (χ0) is 23.8. The Labute approximate surface area is 197 Å². The van der Waals surface area contributed by atoms with Crippen LogP contribution in [0.3, 0.4) is 0 Å². The van der Waals surface area contributed by atoms with Gasteiger partial charge in [0.15, 0.2) is 6.61 Å². The van der Waals surface area contributed by atoms with Gasteiger partial charge < -0.3 is 15.4 Å². The molecule has 0 saturated heterocycles. The van der Waals surface area contributed by atoms with Crippen molar-refractivity contribution in [2.45, 2.75) is 13.8 Å². The van der Waals surface area contributed by atoms with E-state index in [1.54, 1.807) is 24.3 Å². The summed E-state index contributed by atoms with van der Waals surface area (Å²) < 4.78 is 5.51. The van der Waals surface area contributed by atoms with Gasteiger partial charge in [-0.15, -0.1) is 0 Å². The molecule has 0 atom stereocenters. The SMILES string of the molecule is Cc1ccc(NC(=O)COc2ccc(/C=C(\C#N)C(=O)Nc3cccc(C)c3)cc2Cl)cc1. The maximum Gasteiger partial charge on any atom is 0.266 e. The van der Waals surface area contributed by atoms with E-state index in [1.807, 2.05) is 62.4 Å². The molecule has 0 aromatic heterocycles. The number of amides is 2. The number of rotatable bonds is 7. The van der Waals surface area contributed by atoms with Crippen molar-refractivity contribution in [3.63, 3.8) is 0 Å². The van der Waals surface area contributed by atoms with E-state index in [1.165, 1.54) is 6.08 Å². The van der Waals surface area contributed by atoms with Crippen molar-refractivity contribution in [2.75, 3.05) is 17.2 Å². The number of carbonyl (C=O) groups is 2. The van der Waals surface area contributed by atoms with Crippen molar-refractivity contribution in [2.24, 2.45) is 0 Å². The summed E-state index contributed by atoms with van der Waals surface area (Å²) in [6.45, 7) is 3.66. The average Bonchev–Trinajstić information content (AvgIpc) is 2.78. The van der Waals surface area contributed by atoms with Crippen molar-refractivity contribution >= 4 is 40.9 Å². The fourth-order valence-corrected chi connectivity index (χ4v) is 3.18. The molecular weight excluding hydrogens is 438 g/mol. The van der Waals surface area contributed by atoms with Crippen LogP contribution in [0.15, 0.2) is 72.3 Å². The maximum atomic E-state index is 12.5. The smallest absolute Gasteiger partial charge is 0.266 e. The predicted molar refractivity (Wildman–Crippen MR) is 130 cm³/mol. The molecule has 6 nitrogen and oxygen atoms in total. The third-order valence-electron chi connectivity index (χ3n) is 4.60. The molecule has 2 N–H and O–H groups in total. The topological polar surface area (TPSA) is 91.2 Å². The number of hydrogen-bond donors (Lipinski definition) is 2. The van der Waals surface area contributed by atoms with E-state index in [2.05, 4.69) is 10.6 Å². The van der Waals surface area contributed by atoms with Gasteiger partial charge in [0.25, 0.3) is 11.8 Å². The van der Waals surface area contributed by atoms with E-state index in [0.29, 0.717) is 22.7 Å². The predicted octanol–water partition coefficient (Wildman–Crippen LogP) is 5.52. The Bertz CT molecular complexity index is 1240. The summed E-state index contributed by atoms with van der Waals surface area (Å²) in [4.78, 5) is 24.6. The first-order valence-electron chi connectivity index (χ1n) is 10.1. The van der Waals surface area contributed by atoms with Gasteiger partial charge in [-0.25, -0.2) is 0 Å². The Morgan fingerprint density at radius 2 is 1.73 bits per heavy atom. The molecule has 0 saturated carbocycles. The van der Waals surface area contributed by atoms with Gasteiger partial charge in [0, 0.05) is 11.4 Å². The van der Waals surface area contributed by atoms with Crippen LogP contribution in [0.1, 0.15) is 16.7 Å². The minimum Gasteiger partial charge on any atom is -0.482 e. The summed E-state index contributed by atoms with van der Waals surface area (Å²) in [6, 6.07) is 21.4. The van der Waals surface area contributed by atoms with Crippen molar-refractivity contribution in [1.29, 1.82) is 5.26 Å². The highest BCUT2D eigenvalue weighted by molar-refractivity contribution is 6.32. The van der Waals surface area contributed by atoms with E-state index in [4.69, 9.17) is 16.3 Å². The van der Waals surface area contributed by atoms with Crippen molar-refractivity contribution in [3.8, 4) is 11.8 Å². The highest BCUT2D eigenvalue weighted by atomic mass is 35.5. The standard InChI is InChI=1S/C26H22ClN3O3/c1-17-6-9-21(10-7-17)29-25(31)16-33-24-11-8-19(14-23(24)27)13-20(15-28)26(32)30-22-5-3-4-18(2)12-22/h3-14H,16H2,1-2H3,(H,29,31)(H,30,32)/b20-13+. The van der Waals surface area contributed by atoms with Crippen LogP contribution in [0.2, 0.25) is 5.02 Å². The zero-order valence-electron chi connectivity index (χ0n) is 18.2. The molecule has 0 bridgehead atoms. The summed E-state index contributed by atoms with van der Waals surface area (Å²) in [5.74, 6) is -0.526. The van der Waals surface area contributed by atoms with Gasteiger partial charge in [0.05, 0.1) is 5.02 Å². The number of nitriles is 1. The van der Waals surface area contributed by atoms with Crippen LogP contribution < -0.4 is 15.4 Å². The molecule has 0 aliphatic heterocycles. The summed E-state index contributed by atoms with van der Waals surface area (Å²) in [5.41, 5.74) is 3.84. The second-order valence-corrected chi connectivity index (χ2v) is 7.79. The van der Waals surface area contributed by atoms with Crippen molar-refractivity contribution in [1.82, 2.24) is 0 Å². The number of hydrogen-bond acceptors (Lipinski definition) is 4. The van der Waals surface area contributed by atoms with E-state index in [0.717, 1.165) is 11.1 Å². The summed E-state index contributed by atoms with van der Waals surface area (Å²) in [5, 5.41) is 15.1. The minimum absolute atomic E-state index is 0.0706. The molecule has 3 rings (SSSR count). The average molecular weight is 460 g/mol. The minimum atomic E-state index is -0.521. The van der Waals surface area contributed by atoms with Gasteiger partial charge in [0.1, 0.15) is 17.4 Å². The van der Waals surface area contributed by atoms with Crippen LogP contribution in [0, 0.1) is 25.2 Å². The summed E-state index contributed by atoms with van der Waals surface area (Å²) >= 11 is 6.27. The van der Waals surface area contributed by atoms with Crippen LogP contribution in [0.5, 0.6) is 5.75 Å². The fraction of sp³-hybridized carbons (Fsp3) is 0.115. The largest absolute Gasteiger partial charge is 0.482 e. The van der Waals surface area contributed by atoms with Gasteiger partial charge in [-0.3, -0.25) is 9.59 Å². The van der Waals surface area contributed by atoms with E-state index < -0.39 is 5.91 Å². The van der Waals surface area contributed by atoms with Crippen molar-refractivity contribution in [3.05, 3.63) is 94.0 Å². The molecule has 33 heavy (non-hydrogen) atoms. The molecule has 0 radical (unpaired) electrons. The molecular formula is C26H22ClN3O3. The Kier molecular flexibility index (Phi) is 7.85. The van der Waals surface area contributed by atoms with Crippen LogP contribution in [0.4, 0.5) is 11.4 Å². The molecule has 2 amide bonds. The Morgan fingerprint density at radius 1 is 0.970 bits per heavy atom. The van der Waals surface area contributed by atoms with Gasteiger partial charge in [-0.05, 0) is 67.4 Å². The Hall–Kier alpha value is -4.08.